The summed E-state index contributed by atoms with van der Waals surface area (Å²) in [7, 11) is 2.16. The molecule has 2 N–H and O–H groups in total. The summed E-state index contributed by atoms with van der Waals surface area (Å²) in [6.07, 6.45) is 3.75. The van der Waals surface area contributed by atoms with Crippen LogP contribution in [0.4, 0.5) is 0 Å². The van der Waals surface area contributed by atoms with Crippen LogP contribution in [0.1, 0.15) is 24.1 Å². The maximum atomic E-state index is 5.91. The molecule has 0 aliphatic heterocycles. The van der Waals surface area contributed by atoms with Gasteiger partial charge in [-0.1, -0.05) is 18.2 Å². The molecular formula is C15H20N2. The average molecular weight is 228 g/mol. The molecule has 0 radical (unpaired) electrons. The van der Waals surface area contributed by atoms with Crippen LogP contribution in [-0.2, 0) is 13.5 Å². The predicted molar refractivity (Wildman–Crippen MR) is 72.1 cm³/mol. The van der Waals surface area contributed by atoms with Gasteiger partial charge in [0.2, 0.25) is 0 Å². The number of benzene rings is 1. The summed E-state index contributed by atoms with van der Waals surface area (Å²) in [5.41, 5.74) is 10.6. The van der Waals surface area contributed by atoms with Gasteiger partial charge in [-0.2, -0.15) is 0 Å². The maximum absolute atomic E-state index is 5.91. The van der Waals surface area contributed by atoms with E-state index in [9.17, 15) is 0 Å². The fourth-order valence-corrected chi connectivity index (χ4v) is 2.83. The van der Waals surface area contributed by atoms with Crippen LogP contribution >= 0.6 is 0 Å². The lowest BCUT2D eigenvalue weighted by atomic mass is 9.95. The van der Waals surface area contributed by atoms with Gasteiger partial charge < -0.3 is 10.3 Å². The number of hydrogen-bond acceptors (Lipinski definition) is 1. The second kappa shape index (κ2) is 3.61. The average Bonchev–Trinajstić information content (AvgIpc) is 3.10. The zero-order chi connectivity index (χ0) is 12.0. The summed E-state index contributed by atoms with van der Waals surface area (Å²) >= 11 is 0. The van der Waals surface area contributed by atoms with Crippen molar-refractivity contribution < 1.29 is 0 Å². The van der Waals surface area contributed by atoms with E-state index in [4.69, 9.17) is 5.73 Å². The predicted octanol–water partition coefficient (Wildman–Crippen LogP) is 2.77. The Balaban J connectivity index is 2.12. The Hall–Kier alpha value is -1.28. The lowest BCUT2D eigenvalue weighted by Gasteiger charge is -2.12. The van der Waals surface area contributed by atoms with Crippen molar-refractivity contribution in [2.75, 3.05) is 6.54 Å². The third kappa shape index (κ3) is 1.59. The van der Waals surface area contributed by atoms with Crippen LogP contribution in [0.5, 0.6) is 0 Å². The van der Waals surface area contributed by atoms with Crippen LogP contribution in [0.15, 0.2) is 24.3 Å². The molecule has 90 valence electrons. The van der Waals surface area contributed by atoms with Gasteiger partial charge in [0.1, 0.15) is 0 Å². The minimum atomic E-state index is 0.412. The fourth-order valence-electron chi connectivity index (χ4n) is 2.83. The van der Waals surface area contributed by atoms with Crippen molar-refractivity contribution in [2.24, 2.45) is 18.2 Å². The van der Waals surface area contributed by atoms with Gasteiger partial charge in [-0.25, -0.2) is 0 Å². The van der Waals surface area contributed by atoms with Crippen LogP contribution in [0.2, 0.25) is 0 Å². The number of hydrogen-bond donors (Lipinski definition) is 1. The number of para-hydroxylation sites is 1. The normalized spacial score (nSPS) is 17.6. The Morgan fingerprint density at radius 3 is 2.65 bits per heavy atom. The van der Waals surface area contributed by atoms with Crippen molar-refractivity contribution in [3.63, 3.8) is 0 Å². The van der Waals surface area contributed by atoms with Crippen molar-refractivity contribution in [3.8, 4) is 0 Å². The highest BCUT2D eigenvalue weighted by Crippen LogP contribution is 2.48. The number of aromatic nitrogens is 1. The third-order valence-corrected chi connectivity index (χ3v) is 4.47. The molecule has 2 aromatic rings. The first-order valence-corrected chi connectivity index (χ1v) is 6.40. The number of aryl methyl sites for hydroxylation is 1. The lowest BCUT2D eigenvalue weighted by molar-refractivity contribution is 0.520. The molecule has 1 aromatic heterocycles. The van der Waals surface area contributed by atoms with Gasteiger partial charge in [0.25, 0.3) is 0 Å². The first-order chi connectivity index (χ1) is 8.17. The third-order valence-electron chi connectivity index (χ3n) is 4.47. The van der Waals surface area contributed by atoms with Crippen LogP contribution < -0.4 is 5.73 Å². The Kier molecular flexibility index (Phi) is 2.30. The van der Waals surface area contributed by atoms with Crippen molar-refractivity contribution in [1.82, 2.24) is 4.57 Å². The van der Waals surface area contributed by atoms with E-state index in [2.05, 4.69) is 42.8 Å². The molecule has 1 aliphatic rings. The van der Waals surface area contributed by atoms with Crippen LogP contribution in [0, 0.1) is 12.3 Å². The quantitative estimate of drug-likeness (QED) is 0.860. The van der Waals surface area contributed by atoms with Crippen molar-refractivity contribution in [3.05, 3.63) is 35.5 Å². The van der Waals surface area contributed by atoms with Gasteiger partial charge in [-0.05, 0) is 49.8 Å². The Morgan fingerprint density at radius 1 is 1.29 bits per heavy atom. The molecule has 0 spiro atoms. The molecule has 0 atom stereocenters. The SMILES string of the molecule is Cc1c(CC2(CN)CC2)c2ccccc2n1C. The van der Waals surface area contributed by atoms with E-state index < -0.39 is 0 Å². The molecule has 0 bridgehead atoms. The van der Waals surface area contributed by atoms with E-state index in [0.717, 1.165) is 13.0 Å². The largest absolute Gasteiger partial charge is 0.348 e. The first-order valence-electron chi connectivity index (χ1n) is 6.40. The number of rotatable bonds is 3. The summed E-state index contributed by atoms with van der Waals surface area (Å²) < 4.78 is 2.30. The van der Waals surface area contributed by atoms with Gasteiger partial charge in [0.05, 0.1) is 0 Å². The standard InChI is InChI=1S/C15H20N2/c1-11-13(9-15(10-16)7-8-15)12-5-3-4-6-14(12)17(11)2/h3-6H,7-10,16H2,1-2H3. The van der Waals surface area contributed by atoms with Crippen LogP contribution in [0.3, 0.4) is 0 Å². The van der Waals surface area contributed by atoms with Crippen molar-refractivity contribution in [1.29, 1.82) is 0 Å². The topological polar surface area (TPSA) is 30.9 Å². The summed E-state index contributed by atoms with van der Waals surface area (Å²) in [4.78, 5) is 0. The zero-order valence-electron chi connectivity index (χ0n) is 10.7. The molecule has 2 heteroatoms. The number of nitrogens with two attached hydrogens (primary N) is 1. The van der Waals surface area contributed by atoms with Crippen LogP contribution in [-0.4, -0.2) is 11.1 Å². The monoisotopic (exact) mass is 228 g/mol. The van der Waals surface area contributed by atoms with E-state index in [1.54, 1.807) is 0 Å². The smallest absolute Gasteiger partial charge is 0.0482 e. The molecule has 0 unspecified atom stereocenters. The van der Waals surface area contributed by atoms with Gasteiger partial charge in [-0.3, -0.25) is 0 Å². The molecule has 2 nitrogen and oxygen atoms in total. The highest BCUT2D eigenvalue weighted by Gasteiger charge is 2.41. The summed E-state index contributed by atoms with van der Waals surface area (Å²) in [5, 5.41) is 1.41. The van der Waals surface area contributed by atoms with Gasteiger partial charge >= 0.3 is 0 Å². The zero-order valence-corrected chi connectivity index (χ0v) is 10.7. The molecule has 0 saturated heterocycles. The summed E-state index contributed by atoms with van der Waals surface area (Å²) in [6, 6.07) is 8.69. The number of fused-ring (bicyclic) bond motifs is 1. The van der Waals surface area contributed by atoms with Crippen molar-refractivity contribution in [2.45, 2.75) is 26.2 Å². The van der Waals surface area contributed by atoms with Gasteiger partial charge in [0.15, 0.2) is 0 Å². The highest BCUT2D eigenvalue weighted by molar-refractivity contribution is 5.85. The molecular weight excluding hydrogens is 208 g/mol. The summed E-state index contributed by atoms with van der Waals surface area (Å²) in [6.45, 7) is 3.05. The molecule has 1 heterocycles. The van der Waals surface area contributed by atoms with E-state index in [1.807, 2.05) is 0 Å². The molecule has 1 aliphatic carbocycles. The molecule has 17 heavy (non-hydrogen) atoms. The Bertz CT molecular complexity index is 562. The second-order valence-electron chi connectivity index (χ2n) is 5.52. The number of nitrogens with zero attached hydrogens (tertiary/aromatic N) is 1. The lowest BCUT2D eigenvalue weighted by Crippen LogP contribution is -2.18. The highest BCUT2D eigenvalue weighted by atomic mass is 14.9. The van der Waals surface area contributed by atoms with E-state index >= 15 is 0 Å². The fraction of sp³-hybridized carbons (Fsp3) is 0.467. The van der Waals surface area contributed by atoms with E-state index in [-0.39, 0.29) is 0 Å². The van der Waals surface area contributed by atoms with E-state index in [1.165, 1.54) is 35.0 Å². The minimum Gasteiger partial charge on any atom is -0.348 e. The molecule has 3 rings (SSSR count). The molecule has 1 saturated carbocycles. The Morgan fingerprint density at radius 2 is 2.00 bits per heavy atom. The summed E-state index contributed by atoms with van der Waals surface area (Å²) in [5.74, 6) is 0. The second-order valence-corrected chi connectivity index (χ2v) is 5.52. The van der Waals surface area contributed by atoms with Crippen LogP contribution in [0.25, 0.3) is 10.9 Å². The van der Waals surface area contributed by atoms with E-state index in [0.29, 0.717) is 5.41 Å². The molecule has 1 fully saturated rings. The van der Waals surface area contributed by atoms with Crippen molar-refractivity contribution >= 4 is 10.9 Å². The maximum Gasteiger partial charge on any atom is 0.0482 e. The molecule has 0 amide bonds. The van der Waals surface area contributed by atoms with Gasteiger partial charge in [-0.15, -0.1) is 0 Å². The minimum absolute atomic E-state index is 0.412. The first kappa shape index (κ1) is 10.8. The molecule has 1 aromatic carbocycles. The Labute approximate surface area is 102 Å². The van der Waals surface area contributed by atoms with Gasteiger partial charge in [0, 0.05) is 23.6 Å².